The number of hydrogen-bond donors (Lipinski definition) is 2. The first kappa shape index (κ1) is 20.5. The molecule has 2 N–H and O–H groups in total. The van der Waals surface area contributed by atoms with Gasteiger partial charge in [0.05, 0.1) is 39.5 Å². The highest BCUT2D eigenvalue weighted by molar-refractivity contribution is 5.43. The highest BCUT2D eigenvalue weighted by atomic mass is 16.5. The van der Waals surface area contributed by atoms with E-state index in [-0.39, 0.29) is 6.04 Å². The quantitative estimate of drug-likeness (QED) is 0.526. The minimum atomic E-state index is -0.00822. The summed E-state index contributed by atoms with van der Waals surface area (Å²) in [7, 11) is 5.04. The van der Waals surface area contributed by atoms with Crippen LogP contribution in [0.5, 0.6) is 11.5 Å². The lowest BCUT2D eigenvalue weighted by Gasteiger charge is -2.34. The van der Waals surface area contributed by atoms with Crippen LogP contribution in [0.15, 0.2) is 18.2 Å². The number of quaternary nitrogens is 2. The lowest BCUT2D eigenvalue weighted by molar-refractivity contribution is -1.02. The first-order valence-electron chi connectivity index (χ1n) is 9.86. The van der Waals surface area contributed by atoms with Crippen LogP contribution < -0.4 is 19.3 Å². The highest BCUT2D eigenvalue weighted by Crippen LogP contribution is 2.30. The summed E-state index contributed by atoms with van der Waals surface area (Å²) in [4.78, 5) is 3.09. The maximum absolute atomic E-state index is 5.72. The molecular weight excluding hydrogens is 360 g/mol. The molecule has 0 saturated carbocycles. The number of piperazine rings is 1. The van der Waals surface area contributed by atoms with Gasteiger partial charge in [-0.25, -0.2) is 4.68 Å². The molecule has 1 aliphatic rings. The molecule has 2 heterocycles. The summed E-state index contributed by atoms with van der Waals surface area (Å²) in [6, 6.07) is 5.97. The minimum absolute atomic E-state index is 0.00822. The monoisotopic (exact) mass is 392 g/mol. The predicted molar refractivity (Wildman–Crippen MR) is 103 cm³/mol. The van der Waals surface area contributed by atoms with Gasteiger partial charge in [-0.2, -0.15) is 0 Å². The van der Waals surface area contributed by atoms with Crippen molar-refractivity contribution < 1.29 is 24.0 Å². The Bertz CT molecular complexity index is 745. The van der Waals surface area contributed by atoms with Crippen LogP contribution in [0.4, 0.5) is 0 Å². The predicted octanol–water partition coefficient (Wildman–Crippen LogP) is -1.77. The van der Waals surface area contributed by atoms with Crippen LogP contribution in [0.2, 0.25) is 0 Å². The van der Waals surface area contributed by atoms with Crippen LogP contribution in [0.25, 0.3) is 0 Å². The van der Waals surface area contributed by atoms with E-state index in [0.717, 1.165) is 55.6 Å². The molecule has 9 heteroatoms. The number of nitrogens with zero attached hydrogens (tertiary/aromatic N) is 4. The minimum Gasteiger partial charge on any atom is -0.497 e. The van der Waals surface area contributed by atoms with Gasteiger partial charge in [0.25, 0.3) is 0 Å². The molecule has 9 nitrogen and oxygen atoms in total. The standard InChI is InChI=1S/C19H30N6O3/c1-5-23-8-10-24(11-9-23)18(19-20-21-22-25(19)12-13-26-2)16-7-6-15(27-3)14-17(16)28-4/h6-7,14,18H,5,8-13H2,1-4H3/p+2/t18-/m0/s1. The molecule has 0 aliphatic carbocycles. The Hall–Kier alpha value is -2.23. The molecule has 0 radical (unpaired) electrons. The molecule has 1 atom stereocenters. The van der Waals surface area contributed by atoms with Crippen molar-refractivity contribution in [2.45, 2.75) is 19.5 Å². The van der Waals surface area contributed by atoms with Gasteiger partial charge in [0.2, 0.25) is 5.82 Å². The molecule has 1 saturated heterocycles. The van der Waals surface area contributed by atoms with Crippen LogP contribution in [0.1, 0.15) is 24.4 Å². The molecule has 1 aliphatic heterocycles. The molecule has 2 aromatic rings. The number of tetrazole rings is 1. The topological polar surface area (TPSA) is 80.2 Å². The van der Waals surface area contributed by atoms with Crippen LogP contribution in [-0.2, 0) is 11.3 Å². The Morgan fingerprint density at radius 3 is 2.54 bits per heavy atom. The van der Waals surface area contributed by atoms with E-state index >= 15 is 0 Å². The fourth-order valence-corrected chi connectivity index (χ4v) is 3.92. The average Bonchev–Trinajstić information content (AvgIpc) is 3.21. The molecule has 28 heavy (non-hydrogen) atoms. The molecule has 0 unspecified atom stereocenters. The normalized spacial score (nSPS) is 20.7. The van der Waals surface area contributed by atoms with E-state index in [1.165, 1.54) is 4.90 Å². The van der Waals surface area contributed by atoms with Crippen LogP contribution in [0, 0.1) is 0 Å². The lowest BCUT2D eigenvalue weighted by Crippen LogP contribution is -3.28. The van der Waals surface area contributed by atoms with Crippen molar-refractivity contribution in [1.82, 2.24) is 20.2 Å². The summed E-state index contributed by atoms with van der Waals surface area (Å²) in [6.07, 6.45) is 0. The summed E-state index contributed by atoms with van der Waals surface area (Å²) in [5.41, 5.74) is 1.08. The van der Waals surface area contributed by atoms with Gasteiger partial charge < -0.3 is 24.0 Å². The van der Waals surface area contributed by atoms with Gasteiger partial charge in [-0.1, -0.05) is 0 Å². The van der Waals surface area contributed by atoms with Gasteiger partial charge in [-0.3, -0.25) is 0 Å². The molecule has 0 spiro atoms. The maximum Gasteiger partial charge on any atom is 0.214 e. The third-order valence-electron chi connectivity index (χ3n) is 5.58. The maximum atomic E-state index is 5.72. The Morgan fingerprint density at radius 1 is 1.11 bits per heavy atom. The van der Waals surface area contributed by atoms with E-state index in [2.05, 4.69) is 28.5 Å². The summed E-state index contributed by atoms with van der Waals surface area (Å²) >= 11 is 0. The zero-order chi connectivity index (χ0) is 19.9. The molecule has 154 valence electrons. The largest absolute Gasteiger partial charge is 0.497 e. The van der Waals surface area contributed by atoms with Crippen molar-refractivity contribution in [3.05, 3.63) is 29.6 Å². The second kappa shape index (κ2) is 9.81. The SMILES string of the molecule is CC[NH+]1CC[NH+]([C@@H](c2ccc(OC)cc2OC)c2nnnn2CCOC)CC1. The van der Waals surface area contributed by atoms with E-state index in [1.807, 2.05) is 16.8 Å². The molecular formula is C19H32N6O3+2. The molecule has 3 rings (SSSR count). The van der Waals surface area contributed by atoms with Crippen LogP contribution in [0.3, 0.4) is 0 Å². The van der Waals surface area contributed by atoms with Crippen molar-refractivity contribution in [3.8, 4) is 11.5 Å². The van der Waals surface area contributed by atoms with Gasteiger partial charge in [0, 0.05) is 13.2 Å². The number of aromatic nitrogens is 4. The summed E-state index contributed by atoms with van der Waals surface area (Å²) in [6.45, 7) is 8.98. The van der Waals surface area contributed by atoms with E-state index in [0.29, 0.717) is 13.2 Å². The molecule has 1 aromatic carbocycles. The zero-order valence-electron chi connectivity index (χ0n) is 17.3. The molecule has 1 fully saturated rings. The van der Waals surface area contributed by atoms with E-state index in [1.54, 1.807) is 26.2 Å². The van der Waals surface area contributed by atoms with Gasteiger partial charge in [-0.15, -0.1) is 5.10 Å². The number of nitrogens with one attached hydrogen (secondary N) is 2. The van der Waals surface area contributed by atoms with E-state index < -0.39 is 0 Å². The fraction of sp³-hybridized carbons (Fsp3) is 0.632. The third-order valence-corrected chi connectivity index (χ3v) is 5.58. The zero-order valence-corrected chi connectivity index (χ0v) is 17.3. The van der Waals surface area contributed by atoms with E-state index in [9.17, 15) is 0 Å². The number of hydrogen-bond acceptors (Lipinski definition) is 6. The first-order chi connectivity index (χ1) is 13.7. The van der Waals surface area contributed by atoms with E-state index in [4.69, 9.17) is 14.2 Å². The second-order valence-electron chi connectivity index (χ2n) is 7.06. The smallest absolute Gasteiger partial charge is 0.214 e. The van der Waals surface area contributed by atoms with Gasteiger partial charge in [0.15, 0.2) is 6.04 Å². The lowest BCUT2D eigenvalue weighted by atomic mass is 10.0. The Labute approximate surface area is 166 Å². The number of methoxy groups -OCH3 is 3. The van der Waals surface area contributed by atoms with Crippen LogP contribution >= 0.6 is 0 Å². The third kappa shape index (κ3) is 4.43. The van der Waals surface area contributed by atoms with Crippen molar-refractivity contribution >= 4 is 0 Å². The average molecular weight is 393 g/mol. The summed E-state index contributed by atoms with van der Waals surface area (Å²) < 4.78 is 18.2. The Morgan fingerprint density at radius 2 is 1.89 bits per heavy atom. The van der Waals surface area contributed by atoms with Gasteiger partial charge in [-0.05, 0) is 29.5 Å². The van der Waals surface area contributed by atoms with Crippen molar-refractivity contribution in [3.63, 3.8) is 0 Å². The number of ether oxygens (including phenoxy) is 3. The molecule has 0 bridgehead atoms. The fourth-order valence-electron chi connectivity index (χ4n) is 3.92. The van der Waals surface area contributed by atoms with Gasteiger partial charge in [0.1, 0.15) is 37.7 Å². The van der Waals surface area contributed by atoms with Gasteiger partial charge >= 0.3 is 0 Å². The molecule has 0 amide bonds. The first-order valence-corrected chi connectivity index (χ1v) is 9.86. The number of likely N-dealkylation sites (N-methyl/N-ethyl adjacent to an activating group) is 1. The second-order valence-corrected chi connectivity index (χ2v) is 7.06. The van der Waals surface area contributed by atoms with Crippen molar-refractivity contribution in [1.29, 1.82) is 0 Å². The number of benzene rings is 1. The Balaban J connectivity index is 1.99. The summed E-state index contributed by atoms with van der Waals surface area (Å²) in [5.74, 6) is 2.41. The van der Waals surface area contributed by atoms with Crippen molar-refractivity contribution in [2.24, 2.45) is 0 Å². The van der Waals surface area contributed by atoms with Crippen LogP contribution in [-0.4, -0.2) is 80.9 Å². The Kier molecular flexibility index (Phi) is 7.18. The molecule has 1 aromatic heterocycles. The number of rotatable bonds is 9. The summed E-state index contributed by atoms with van der Waals surface area (Å²) in [5, 5.41) is 12.6. The highest BCUT2D eigenvalue weighted by Gasteiger charge is 2.37. The van der Waals surface area contributed by atoms with Crippen molar-refractivity contribution in [2.75, 3.05) is 60.7 Å².